The normalized spacial score (nSPS) is 12.1. The zero-order chi connectivity index (χ0) is 15.4. The number of fused-ring (bicyclic) bond motifs is 1. The Hall–Kier alpha value is -2.08. The van der Waals surface area contributed by atoms with E-state index in [1.165, 1.54) is 9.60 Å². The number of carboxylic acids is 1. The molecule has 0 spiro atoms. The Morgan fingerprint density at radius 1 is 1.38 bits per heavy atom. The highest BCUT2D eigenvalue weighted by Gasteiger charge is 2.17. The Morgan fingerprint density at radius 3 is 2.81 bits per heavy atom. The molecule has 1 unspecified atom stereocenters. The second-order valence-electron chi connectivity index (χ2n) is 5.04. The maximum Gasteiger partial charge on any atom is 0.317 e. The molecule has 2 N–H and O–H groups in total. The number of nitrogens with one attached hydrogen (secondary N) is 1. The number of urea groups is 1. The summed E-state index contributed by atoms with van der Waals surface area (Å²) in [5.74, 6) is -1.48. The van der Waals surface area contributed by atoms with Crippen molar-refractivity contribution in [2.75, 3.05) is 13.6 Å². The van der Waals surface area contributed by atoms with E-state index in [4.69, 9.17) is 5.11 Å². The molecule has 6 heteroatoms. The lowest BCUT2D eigenvalue weighted by Crippen LogP contribution is -2.40. The first kappa shape index (κ1) is 15.3. The number of thiophene rings is 1. The molecule has 21 heavy (non-hydrogen) atoms. The van der Waals surface area contributed by atoms with Gasteiger partial charge in [0, 0.05) is 24.8 Å². The summed E-state index contributed by atoms with van der Waals surface area (Å²) in [6.07, 6.45) is 0. The van der Waals surface area contributed by atoms with Gasteiger partial charge in [0.1, 0.15) is 0 Å². The van der Waals surface area contributed by atoms with Gasteiger partial charge in [0.05, 0.1) is 5.92 Å². The van der Waals surface area contributed by atoms with Gasteiger partial charge in [-0.15, -0.1) is 11.3 Å². The van der Waals surface area contributed by atoms with Gasteiger partial charge in [-0.05, 0) is 22.4 Å². The molecule has 0 bridgehead atoms. The van der Waals surface area contributed by atoms with Crippen LogP contribution in [0.5, 0.6) is 0 Å². The Kier molecular flexibility index (Phi) is 4.80. The summed E-state index contributed by atoms with van der Waals surface area (Å²) < 4.78 is 1.19. The van der Waals surface area contributed by atoms with E-state index in [-0.39, 0.29) is 12.6 Å². The van der Waals surface area contributed by atoms with Crippen molar-refractivity contribution < 1.29 is 14.7 Å². The Morgan fingerprint density at radius 2 is 2.10 bits per heavy atom. The third kappa shape index (κ3) is 3.72. The Labute approximate surface area is 127 Å². The molecular formula is C15H18N2O3S. The van der Waals surface area contributed by atoms with Crippen molar-refractivity contribution in [1.82, 2.24) is 10.2 Å². The molecular weight excluding hydrogens is 288 g/mol. The van der Waals surface area contributed by atoms with Crippen LogP contribution in [0.3, 0.4) is 0 Å². The van der Waals surface area contributed by atoms with Gasteiger partial charge in [-0.25, -0.2) is 4.79 Å². The first-order chi connectivity index (χ1) is 9.99. The van der Waals surface area contributed by atoms with Crippen LogP contribution < -0.4 is 5.32 Å². The van der Waals surface area contributed by atoms with Gasteiger partial charge in [-0.1, -0.05) is 25.1 Å². The van der Waals surface area contributed by atoms with Crippen molar-refractivity contribution in [1.29, 1.82) is 0 Å². The van der Waals surface area contributed by atoms with Crippen LogP contribution >= 0.6 is 11.3 Å². The maximum absolute atomic E-state index is 12.0. The van der Waals surface area contributed by atoms with E-state index in [0.717, 1.165) is 10.9 Å². The molecule has 0 saturated heterocycles. The molecule has 2 aromatic rings. The molecule has 5 nitrogen and oxygen atoms in total. The largest absolute Gasteiger partial charge is 0.481 e. The van der Waals surface area contributed by atoms with Crippen molar-refractivity contribution in [2.24, 2.45) is 5.92 Å². The molecule has 0 radical (unpaired) electrons. The summed E-state index contributed by atoms with van der Waals surface area (Å²) >= 11 is 1.65. The summed E-state index contributed by atoms with van der Waals surface area (Å²) in [6.45, 7) is 2.21. The highest BCUT2D eigenvalue weighted by Crippen LogP contribution is 2.25. The number of benzene rings is 1. The number of carboxylic acid groups (broad SMARTS) is 1. The van der Waals surface area contributed by atoms with E-state index in [2.05, 4.69) is 5.32 Å². The molecule has 1 aromatic carbocycles. The van der Waals surface area contributed by atoms with Gasteiger partial charge >= 0.3 is 12.0 Å². The molecule has 0 aliphatic carbocycles. The van der Waals surface area contributed by atoms with Gasteiger partial charge in [0.25, 0.3) is 0 Å². The first-order valence-electron chi connectivity index (χ1n) is 6.66. The molecule has 0 saturated carbocycles. The van der Waals surface area contributed by atoms with Crippen molar-refractivity contribution in [3.05, 3.63) is 35.2 Å². The quantitative estimate of drug-likeness (QED) is 0.892. The lowest BCUT2D eigenvalue weighted by Gasteiger charge is -2.19. The number of amides is 2. The summed E-state index contributed by atoms with van der Waals surface area (Å²) in [7, 11) is 1.60. The number of nitrogens with zero attached hydrogens (tertiary/aromatic N) is 1. The monoisotopic (exact) mass is 306 g/mol. The van der Waals surface area contributed by atoms with Crippen LogP contribution in [0.2, 0.25) is 0 Å². The lowest BCUT2D eigenvalue weighted by molar-refractivity contribution is -0.141. The van der Waals surface area contributed by atoms with E-state index >= 15 is 0 Å². The third-order valence-corrected chi connectivity index (χ3v) is 4.32. The highest BCUT2D eigenvalue weighted by molar-refractivity contribution is 7.17. The minimum Gasteiger partial charge on any atom is -0.481 e. The van der Waals surface area contributed by atoms with Gasteiger partial charge in [0.2, 0.25) is 0 Å². The van der Waals surface area contributed by atoms with E-state index < -0.39 is 11.9 Å². The molecule has 112 valence electrons. The number of carbonyl (C=O) groups excluding carboxylic acids is 1. The summed E-state index contributed by atoms with van der Waals surface area (Å²) in [5.41, 5.74) is 1.07. The number of hydrogen-bond donors (Lipinski definition) is 2. The highest BCUT2D eigenvalue weighted by atomic mass is 32.1. The smallest absolute Gasteiger partial charge is 0.317 e. The van der Waals surface area contributed by atoms with E-state index in [1.807, 2.05) is 29.6 Å². The maximum atomic E-state index is 12.0. The predicted molar refractivity (Wildman–Crippen MR) is 83.5 cm³/mol. The van der Waals surface area contributed by atoms with Gasteiger partial charge in [0.15, 0.2) is 0 Å². The van der Waals surface area contributed by atoms with Gasteiger partial charge in [-0.3, -0.25) is 4.79 Å². The van der Waals surface area contributed by atoms with Crippen LogP contribution in [0.25, 0.3) is 10.1 Å². The van der Waals surface area contributed by atoms with Gasteiger partial charge < -0.3 is 15.3 Å². The fourth-order valence-electron chi connectivity index (χ4n) is 2.05. The fraction of sp³-hybridized carbons (Fsp3) is 0.333. The SMILES string of the molecule is CC(CN(C)C(=O)NCc1csc2ccccc12)C(=O)O. The van der Waals surface area contributed by atoms with Gasteiger partial charge in [-0.2, -0.15) is 0 Å². The van der Waals surface area contributed by atoms with E-state index in [0.29, 0.717) is 6.54 Å². The molecule has 1 atom stereocenters. The standard InChI is InChI=1S/C15H18N2O3S/c1-10(14(18)19)8-17(2)15(20)16-7-11-9-21-13-6-4-3-5-12(11)13/h3-6,9-10H,7-8H2,1-2H3,(H,16,20)(H,18,19). The van der Waals surface area contributed by atoms with Crippen LogP contribution in [-0.2, 0) is 11.3 Å². The number of rotatable bonds is 5. The van der Waals surface area contributed by atoms with Crippen LogP contribution in [0, 0.1) is 5.92 Å². The minimum absolute atomic E-state index is 0.186. The Bertz CT molecular complexity index is 653. The molecule has 1 heterocycles. The van der Waals surface area contributed by atoms with E-state index in [9.17, 15) is 9.59 Å². The van der Waals surface area contributed by atoms with Crippen molar-refractivity contribution in [3.8, 4) is 0 Å². The fourth-order valence-corrected chi connectivity index (χ4v) is 3.01. The second-order valence-corrected chi connectivity index (χ2v) is 5.95. The van der Waals surface area contributed by atoms with Crippen molar-refractivity contribution in [2.45, 2.75) is 13.5 Å². The van der Waals surface area contributed by atoms with Crippen LogP contribution in [0.1, 0.15) is 12.5 Å². The zero-order valence-electron chi connectivity index (χ0n) is 12.0. The average molecular weight is 306 g/mol. The Balaban J connectivity index is 1.93. The molecule has 0 fully saturated rings. The van der Waals surface area contributed by atoms with Crippen LogP contribution in [0.4, 0.5) is 4.79 Å². The summed E-state index contributed by atoms with van der Waals surface area (Å²) in [4.78, 5) is 24.1. The van der Waals surface area contributed by atoms with Crippen molar-refractivity contribution in [3.63, 3.8) is 0 Å². The lowest BCUT2D eigenvalue weighted by atomic mass is 10.2. The van der Waals surface area contributed by atoms with Crippen LogP contribution in [0.15, 0.2) is 29.6 Å². The second kappa shape index (κ2) is 6.58. The van der Waals surface area contributed by atoms with Crippen molar-refractivity contribution >= 4 is 33.4 Å². The minimum atomic E-state index is -0.904. The molecule has 1 aromatic heterocycles. The molecule has 0 aliphatic rings. The molecule has 2 amide bonds. The zero-order valence-corrected chi connectivity index (χ0v) is 12.8. The molecule has 0 aliphatic heterocycles. The third-order valence-electron chi connectivity index (χ3n) is 3.31. The molecule has 2 rings (SSSR count). The number of carbonyl (C=O) groups is 2. The predicted octanol–water partition coefficient (Wildman–Crippen LogP) is 2.76. The summed E-state index contributed by atoms with van der Waals surface area (Å²) in [5, 5.41) is 14.9. The number of aliphatic carboxylic acids is 1. The average Bonchev–Trinajstić information content (AvgIpc) is 2.87. The van der Waals surface area contributed by atoms with E-state index in [1.54, 1.807) is 25.3 Å². The number of hydrogen-bond acceptors (Lipinski definition) is 3. The van der Waals surface area contributed by atoms with Crippen LogP contribution in [-0.4, -0.2) is 35.6 Å². The summed E-state index contributed by atoms with van der Waals surface area (Å²) in [6, 6.07) is 7.78. The topological polar surface area (TPSA) is 69.6 Å². The first-order valence-corrected chi connectivity index (χ1v) is 7.54.